The SMILES string of the molecule is CCCOc1ccc(C(=O)N(Cc2ccco2)Cc2ccc(N3CCCCC3)o2)cc1. The zero-order chi connectivity index (χ0) is 21.5. The van der Waals surface area contributed by atoms with Gasteiger partial charge in [0.05, 0.1) is 26.0 Å². The molecule has 6 heteroatoms. The third kappa shape index (κ3) is 5.51. The Labute approximate surface area is 183 Å². The van der Waals surface area contributed by atoms with E-state index in [9.17, 15) is 4.79 Å². The van der Waals surface area contributed by atoms with Crippen molar-refractivity contribution in [2.75, 3.05) is 24.6 Å². The molecule has 3 aromatic rings. The Bertz CT molecular complexity index is 940. The van der Waals surface area contributed by atoms with Crippen LogP contribution in [0.1, 0.15) is 54.5 Å². The second-order valence-electron chi connectivity index (χ2n) is 7.90. The van der Waals surface area contributed by atoms with E-state index in [-0.39, 0.29) is 5.91 Å². The summed E-state index contributed by atoms with van der Waals surface area (Å²) < 4.78 is 17.2. The molecule has 0 aliphatic carbocycles. The summed E-state index contributed by atoms with van der Waals surface area (Å²) in [6.45, 7) is 5.52. The molecule has 0 bridgehead atoms. The van der Waals surface area contributed by atoms with Gasteiger partial charge in [0.25, 0.3) is 5.91 Å². The Morgan fingerprint density at radius 1 is 1.00 bits per heavy atom. The second kappa shape index (κ2) is 10.2. The van der Waals surface area contributed by atoms with Crippen LogP contribution in [0.2, 0.25) is 0 Å². The third-order valence-corrected chi connectivity index (χ3v) is 5.45. The fourth-order valence-corrected chi connectivity index (χ4v) is 3.81. The number of hydrogen-bond acceptors (Lipinski definition) is 5. The van der Waals surface area contributed by atoms with Crippen molar-refractivity contribution in [1.29, 1.82) is 0 Å². The van der Waals surface area contributed by atoms with Crippen LogP contribution in [0.3, 0.4) is 0 Å². The fraction of sp³-hybridized carbons (Fsp3) is 0.400. The first-order chi connectivity index (χ1) is 15.2. The summed E-state index contributed by atoms with van der Waals surface area (Å²) in [5.74, 6) is 3.09. The van der Waals surface area contributed by atoms with Gasteiger partial charge in [-0.2, -0.15) is 0 Å². The molecule has 3 heterocycles. The number of carbonyl (C=O) groups is 1. The Morgan fingerprint density at radius 2 is 1.77 bits per heavy atom. The molecular weight excluding hydrogens is 392 g/mol. The molecule has 1 aliphatic heterocycles. The average molecular weight is 423 g/mol. The van der Waals surface area contributed by atoms with Crippen molar-refractivity contribution in [3.05, 3.63) is 71.9 Å². The first-order valence-electron chi connectivity index (χ1n) is 11.1. The maximum absolute atomic E-state index is 13.3. The molecule has 4 rings (SSSR count). The first kappa shape index (κ1) is 21.1. The van der Waals surface area contributed by atoms with Gasteiger partial charge < -0.3 is 23.4 Å². The lowest BCUT2D eigenvalue weighted by Gasteiger charge is -2.26. The normalized spacial score (nSPS) is 13.9. The van der Waals surface area contributed by atoms with Crippen LogP contribution in [0, 0.1) is 0 Å². The van der Waals surface area contributed by atoms with Gasteiger partial charge in [0.1, 0.15) is 17.3 Å². The minimum atomic E-state index is -0.0747. The van der Waals surface area contributed by atoms with Crippen molar-refractivity contribution < 1.29 is 18.4 Å². The highest BCUT2D eigenvalue weighted by Crippen LogP contribution is 2.24. The van der Waals surface area contributed by atoms with E-state index in [0.717, 1.165) is 42.7 Å². The van der Waals surface area contributed by atoms with Crippen LogP contribution in [0.15, 0.2) is 63.6 Å². The number of amides is 1. The molecule has 1 aliphatic rings. The van der Waals surface area contributed by atoms with Crippen LogP contribution in [0.25, 0.3) is 0 Å². The number of nitrogens with zero attached hydrogens (tertiary/aromatic N) is 2. The molecule has 1 aromatic carbocycles. The molecule has 0 atom stereocenters. The molecule has 31 heavy (non-hydrogen) atoms. The smallest absolute Gasteiger partial charge is 0.254 e. The van der Waals surface area contributed by atoms with Gasteiger partial charge in [-0.3, -0.25) is 4.79 Å². The Morgan fingerprint density at radius 3 is 2.48 bits per heavy atom. The Kier molecular flexibility index (Phi) is 6.97. The molecule has 2 aromatic heterocycles. The van der Waals surface area contributed by atoms with Crippen molar-refractivity contribution >= 4 is 11.8 Å². The van der Waals surface area contributed by atoms with Crippen molar-refractivity contribution in [2.24, 2.45) is 0 Å². The summed E-state index contributed by atoms with van der Waals surface area (Å²) in [5, 5.41) is 0. The highest BCUT2D eigenvalue weighted by atomic mass is 16.5. The summed E-state index contributed by atoms with van der Waals surface area (Å²) in [4.78, 5) is 17.3. The van der Waals surface area contributed by atoms with Gasteiger partial charge >= 0.3 is 0 Å². The summed E-state index contributed by atoms with van der Waals surface area (Å²) >= 11 is 0. The monoisotopic (exact) mass is 422 g/mol. The lowest BCUT2D eigenvalue weighted by Crippen LogP contribution is -2.30. The van der Waals surface area contributed by atoms with E-state index >= 15 is 0 Å². The van der Waals surface area contributed by atoms with Crippen LogP contribution in [-0.2, 0) is 13.1 Å². The fourth-order valence-electron chi connectivity index (χ4n) is 3.81. The largest absolute Gasteiger partial charge is 0.494 e. The Balaban J connectivity index is 1.49. The minimum absolute atomic E-state index is 0.0747. The third-order valence-electron chi connectivity index (χ3n) is 5.45. The Hall–Kier alpha value is -3.15. The van der Waals surface area contributed by atoms with Crippen molar-refractivity contribution in [1.82, 2.24) is 4.90 Å². The average Bonchev–Trinajstić information content (AvgIpc) is 3.50. The molecule has 6 nitrogen and oxygen atoms in total. The number of rotatable bonds is 9. The molecule has 0 unspecified atom stereocenters. The number of hydrogen-bond donors (Lipinski definition) is 0. The predicted molar refractivity (Wildman–Crippen MR) is 119 cm³/mol. The van der Waals surface area contributed by atoms with E-state index in [2.05, 4.69) is 11.8 Å². The number of furan rings is 2. The van der Waals surface area contributed by atoms with E-state index in [1.54, 1.807) is 11.2 Å². The maximum Gasteiger partial charge on any atom is 0.254 e. The van der Waals surface area contributed by atoms with Crippen LogP contribution in [0.4, 0.5) is 5.88 Å². The van der Waals surface area contributed by atoms with Crippen LogP contribution >= 0.6 is 0 Å². The molecule has 1 amide bonds. The molecule has 164 valence electrons. The lowest BCUT2D eigenvalue weighted by molar-refractivity contribution is 0.0705. The van der Waals surface area contributed by atoms with E-state index in [0.29, 0.717) is 25.3 Å². The van der Waals surface area contributed by atoms with Gasteiger partial charge in [-0.25, -0.2) is 0 Å². The number of piperidine rings is 1. The molecule has 0 spiro atoms. The van der Waals surface area contributed by atoms with Gasteiger partial charge in [-0.05, 0) is 68.1 Å². The highest BCUT2D eigenvalue weighted by Gasteiger charge is 2.21. The standard InChI is InChI=1S/C25H30N2O4/c1-2-16-29-21-10-8-20(9-11-21)25(28)27(18-22-7-6-17-30-22)19-23-12-13-24(31-23)26-14-4-3-5-15-26/h6-13,17H,2-5,14-16,18-19H2,1H3. The highest BCUT2D eigenvalue weighted by molar-refractivity contribution is 5.94. The predicted octanol–water partition coefficient (Wildman–Crippen LogP) is 5.49. The summed E-state index contributed by atoms with van der Waals surface area (Å²) in [5.41, 5.74) is 0.609. The zero-order valence-electron chi connectivity index (χ0n) is 18.1. The second-order valence-corrected chi connectivity index (χ2v) is 7.90. The van der Waals surface area contributed by atoms with Gasteiger partial charge in [-0.1, -0.05) is 6.92 Å². The van der Waals surface area contributed by atoms with E-state index in [1.165, 1.54) is 19.3 Å². The van der Waals surface area contributed by atoms with Crippen molar-refractivity contribution in [3.8, 4) is 5.75 Å². The van der Waals surface area contributed by atoms with Gasteiger partial charge in [0.2, 0.25) is 0 Å². The number of anilines is 1. The number of ether oxygens (including phenoxy) is 1. The van der Waals surface area contributed by atoms with E-state index in [4.69, 9.17) is 13.6 Å². The maximum atomic E-state index is 13.3. The molecule has 1 saturated heterocycles. The molecule has 1 fully saturated rings. The van der Waals surface area contributed by atoms with Crippen LogP contribution in [-0.4, -0.2) is 30.5 Å². The first-order valence-corrected chi connectivity index (χ1v) is 11.1. The zero-order valence-corrected chi connectivity index (χ0v) is 18.1. The van der Waals surface area contributed by atoms with Gasteiger partial charge in [0.15, 0.2) is 5.88 Å². The van der Waals surface area contributed by atoms with E-state index in [1.807, 2.05) is 48.5 Å². The summed E-state index contributed by atoms with van der Waals surface area (Å²) in [7, 11) is 0. The van der Waals surface area contributed by atoms with E-state index < -0.39 is 0 Å². The summed E-state index contributed by atoms with van der Waals surface area (Å²) in [6, 6.07) is 15.0. The molecule has 0 saturated carbocycles. The van der Waals surface area contributed by atoms with Gasteiger partial charge in [-0.15, -0.1) is 0 Å². The number of benzene rings is 1. The minimum Gasteiger partial charge on any atom is -0.494 e. The van der Waals surface area contributed by atoms with Crippen molar-refractivity contribution in [3.63, 3.8) is 0 Å². The topological polar surface area (TPSA) is 59.1 Å². The van der Waals surface area contributed by atoms with Crippen LogP contribution in [0.5, 0.6) is 5.75 Å². The lowest BCUT2D eigenvalue weighted by atomic mass is 10.1. The van der Waals surface area contributed by atoms with Gasteiger partial charge in [0, 0.05) is 24.7 Å². The molecular formula is C25H30N2O4. The quantitative estimate of drug-likeness (QED) is 0.456. The number of carbonyl (C=O) groups excluding carboxylic acids is 1. The van der Waals surface area contributed by atoms with Crippen LogP contribution < -0.4 is 9.64 Å². The van der Waals surface area contributed by atoms with Crippen molar-refractivity contribution in [2.45, 2.75) is 45.7 Å². The molecule has 0 radical (unpaired) electrons. The summed E-state index contributed by atoms with van der Waals surface area (Å²) in [6.07, 6.45) is 6.23. The molecule has 0 N–H and O–H groups in total.